The molecule has 0 spiro atoms. The Bertz CT molecular complexity index is 861. The lowest BCUT2D eigenvalue weighted by atomic mass is 10.1. The van der Waals surface area contributed by atoms with Gasteiger partial charge in [0, 0.05) is 42.4 Å². The van der Waals surface area contributed by atoms with Crippen LogP contribution in [0.15, 0.2) is 42.5 Å². The van der Waals surface area contributed by atoms with Crippen LogP contribution in [-0.4, -0.2) is 48.6 Å². The van der Waals surface area contributed by atoms with Crippen LogP contribution in [0.1, 0.15) is 41.6 Å². The van der Waals surface area contributed by atoms with Crippen LogP contribution in [0, 0.1) is 0 Å². The minimum atomic E-state index is -0.146. The van der Waals surface area contributed by atoms with E-state index in [-0.39, 0.29) is 12.0 Å². The number of hydrogen-bond donors (Lipinski definition) is 1. The van der Waals surface area contributed by atoms with Crippen molar-refractivity contribution in [3.05, 3.63) is 53.6 Å². The normalized spacial score (nSPS) is 17.6. The molecule has 2 aromatic carbocycles. The lowest BCUT2D eigenvalue weighted by Crippen LogP contribution is -2.31. The van der Waals surface area contributed by atoms with Gasteiger partial charge in [0.05, 0.1) is 13.2 Å². The molecule has 6 heteroatoms. The fraction of sp³-hybridized carbons (Fsp3) is 0.458. The van der Waals surface area contributed by atoms with Crippen LogP contribution < -0.4 is 14.8 Å². The van der Waals surface area contributed by atoms with Crippen LogP contribution in [-0.2, 0) is 6.54 Å². The number of carbonyl (C=O) groups is 1. The van der Waals surface area contributed by atoms with Crippen molar-refractivity contribution in [2.75, 3.05) is 37.0 Å². The molecule has 1 N–H and O–H groups in total. The smallest absolute Gasteiger partial charge is 0.255 e. The molecule has 1 aliphatic heterocycles. The number of hydrogen-bond acceptors (Lipinski definition) is 5. The summed E-state index contributed by atoms with van der Waals surface area (Å²) in [4.78, 5) is 15.3. The number of nitrogens with zero attached hydrogens (tertiary/aromatic N) is 1. The number of carbonyl (C=O) groups excluding carboxylic acids is 1. The highest BCUT2D eigenvalue weighted by Crippen LogP contribution is 2.32. The van der Waals surface area contributed by atoms with Gasteiger partial charge in [-0.1, -0.05) is 12.1 Å². The van der Waals surface area contributed by atoms with Crippen molar-refractivity contribution < 1.29 is 14.3 Å². The van der Waals surface area contributed by atoms with Crippen LogP contribution in [0.25, 0.3) is 0 Å². The number of amides is 1. The van der Waals surface area contributed by atoms with Crippen LogP contribution in [0.2, 0.25) is 0 Å². The van der Waals surface area contributed by atoms with Gasteiger partial charge in [0.25, 0.3) is 5.91 Å². The highest BCUT2D eigenvalue weighted by atomic mass is 32.2. The average Bonchev–Trinajstić information content (AvgIpc) is 3.28. The first-order valence-electron chi connectivity index (χ1n) is 10.8. The van der Waals surface area contributed by atoms with Gasteiger partial charge in [-0.3, -0.25) is 9.69 Å². The van der Waals surface area contributed by atoms with Crippen molar-refractivity contribution in [2.24, 2.45) is 0 Å². The monoisotopic (exact) mass is 426 g/mol. The Morgan fingerprint density at radius 2 is 1.90 bits per heavy atom. The maximum Gasteiger partial charge on any atom is 0.255 e. The van der Waals surface area contributed by atoms with Crippen molar-refractivity contribution in [3.63, 3.8) is 0 Å². The van der Waals surface area contributed by atoms with E-state index in [9.17, 15) is 4.79 Å². The Balaban J connectivity index is 1.41. The second-order valence-corrected chi connectivity index (χ2v) is 9.16. The molecule has 2 aliphatic rings. The number of methoxy groups -OCH3 is 1. The fourth-order valence-corrected chi connectivity index (χ4v) is 5.04. The average molecular weight is 427 g/mol. The van der Waals surface area contributed by atoms with Gasteiger partial charge in [0.1, 0.15) is 0 Å². The summed E-state index contributed by atoms with van der Waals surface area (Å²) in [5.41, 5.74) is 2.59. The fourth-order valence-electron chi connectivity index (χ4n) is 4.06. The van der Waals surface area contributed by atoms with E-state index in [1.54, 1.807) is 19.2 Å². The van der Waals surface area contributed by atoms with Gasteiger partial charge in [-0.15, -0.1) is 0 Å². The summed E-state index contributed by atoms with van der Waals surface area (Å²) in [7, 11) is 1.61. The molecule has 1 aliphatic carbocycles. The van der Waals surface area contributed by atoms with Gasteiger partial charge in [0.15, 0.2) is 11.5 Å². The summed E-state index contributed by atoms with van der Waals surface area (Å²) in [6.07, 6.45) is 4.84. The number of benzene rings is 2. The van der Waals surface area contributed by atoms with Crippen molar-refractivity contribution in [2.45, 2.75) is 38.3 Å². The Hall–Kier alpha value is -2.18. The molecule has 1 heterocycles. The highest BCUT2D eigenvalue weighted by molar-refractivity contribution is 7.99. The van der Waals surface area contributed by atoms with Gasteiger partial charge in [-0.2, -0.15) is 11.8 Å². The molecule has 0 radical (unpaired) electrons. The summed E-state index contributed by atoms with van der Waals surface area (Å²) < 4.78 is 11.6. The van der Waals surface area contributed by atoms with E-state index in [1.807, 2.05) is 30.0 Å². The van der Waals surface area contributed by atoms with Gasteiger partial charge in [0.2, 0.25) is 0 Å². The second-order valence-electron chi connectivity index (χ2n) is 7.93. The van der Waals surface area contributed by atoms with Crippen LogP contribution >= 0.6 is 11.8 Å². The summed E-state index contributed by atoms with van der Waals surface area (Å²) in [5.74, 6) is 3.55. The van der Waals surface area contributed by atoms with E-state index in [0.717, 1.165) is 38.2 Å². The standard InChI is InChI=1S/C24H30N2O3S/c1-28-23-16-19(9-10-22(23)29-21-7-2-3-8-21)24(27)25-20-6-4-5-18(15-20)17-26-11-13-30-14-12-26/h4-6,9-10,15-16,21H,2-3,7-8,11-14,17H2,1H3,(H,25,27). The van der Waals surface area contributed by atoms with Crippen molar-refractivity contribution in [3.8, 4) is 11.5 Å². The zero-order valence-corrected chi connectivity index (χ0v) is 18.4. The molecular weight excluding hydrogens is 396 g/mol. The molecule has 30 heavy (non-hydrogen) atoms. The van der Waals surface area contributed by atoms with Gasteiger partial charge >= 0.3 is 0 Å². The van der Waals surface area contributed by atoms with E-state index in [1.165, 1.54) is 29.9 Å². The lowest BCUT2D eigenvalue weighted by molar-refractivity contribution is 0.102. The number of anilines is 1. The molecule has 1 saturated heterocycles. The number of ether oxygens (including phenoxy) is 2. The summed E-state index contributed by atoms with van der Waals surface area (Å²) >= 11 is 2.01. The molecule has 160 valence electrons. The number of thioether (sulfide) groups is 1. The van der Waals surface area contributed by atoms with Crippen LogP contribution in [0.3, 0.4) is 0 Å². The van der Waals surface area contributed by atoms with Crippen molar-refractivity contribution in [1.29, 1.82) is 0 Å². The molecule has 1 saturated carbocycles. The minimum Gasteiger partial charge on any atom is -0.493 e. The third kappa shape index (κ3) is 5.49. The first-order chi connectivity index (χ1) is 14.7. The summed E-state index contributed by atoms with van der Waals surface area (Å²) in [6, 6.07) is 13.5. The molecule has 1 amide bonds. The van der Waals surface area contributed by atoms with E-state index >= 15 is 0 Å². The number of nitrogens with one attached hydrogen (secondary N) is 1. The van der Waals surface area contributed by atoms with Gasteiger partial charge in [-0.25, -0.2) is 0 Å². The quantitative estimate of drug-likeness (QED) is 0.688. The third-order valence-corrected chi connectivity index (χ3v) is 6.66. The zero-order valence-electron chi connectivity index (χ0n) is 17.6. The summed E-state index contributed by atoms with van der Waals surface area (Å²) in [5, 5.41) is 3.02. The van der Waals surface area contributed by atoms with Gasteiger partial charge in [-0.05, 0) is 61.6 Å². The van der Waals surface area contributed by atoms with E-state index in [4.69, 9.17) is 9.47 Å². The first-order valence-corrected chi connectivity index (χ1v) is 11.9. The largest absolute Gasteiger partial charge is 0.493 e. The van der Waals surface area contributed by atoms with Crippen LogP contribution in [0.4, 0.5) is 5.69 Å². The molecule has 0 unspecified atom stereocenters. The predicted octanol–water partition coefficient (Wildman–Crippen LogP) is 4.82. The van der Waals surface area contributed by atoms with Gasteiger partial charge < -0.3 is 14.8 Å². The Kier molecular flexibility index (Phi) is 7.18. The SMILES string of the molecule is COc1cc(C(=O)Nc2cccc(CN3CCSCC3)c2)ccc1OC1CCCC1. The Morgan fingerprint density at radius 3 is 2.67 bits per heavy atom. The molecular formula is C24H30N2O3S. The molecule has 0 aromatic heterocycles. The molecule has 0 bridgehead atoms. The Morgan fingerprint density at radius 1 is 1.10 bits per heavy atom. The Labute approximate surface area is 183 Å². The molecule has 5 nitrogen and oxygen atoms in total. The third-order valence-electron chi connectivity index (χ3n) is 5.72. The lowest BCUT2D eigenvalue weighted by Gasteiger charge is -2.26. The number of rotatable bonds is 7. The zero-order chi connectivity index (χ0) is 20.8. The van der Waals surface area contributed by atoms with Crippen molar-refractivity contribution >= 4 is 23.4 Å². The van der Waals surface area contributed by atoms with Crippen LogP contribution in [0.5, 0.6) is 11.5 Å². The summed E-state index contributed by atoms with van der Waals surface area (Å²) in [6.45, 7) is 3.16. The van der Waals surface area contributed by atoms with E-state index in [2.05, 4.69) is 22.3 Å². The topological polar surface area (TPSA) is 50.8 Å². The molecule has 4 rings (SSSR count). The molecule has 2 fully saturated rings. The predicted molar refractivity (Wildman–Crippen MR) is 123 cm³/mol. The highest BCUT2D eigenvalue weighted by Gasteiger charge is 2.19. The van der Waals surface area contributed by atoms with Crippen molar-refractivity contribution in [1.82, 2.24) is 4.90 Å². The maximum atomic E-state index is 12.8. The molecule has 0 atom stereocenters. The van der Waals surface area contributed by atoms with E-state index < -0.39 is 0 Å². The molecule has 2 aromatic rings. The second kappa shape index (κ2) is 10.2. The first kappa shape index (κ1) is 21.1. The van der Waals surface area contributed by atoms with E-state index in [0.29, 0.717) is 17.1 Å². The minimum absolute atomic E-state index is 0.146. The maximum absolute atomic E-state index is 12.8.